The SMILES string of the molecule is C[CH]CCOC(=O)OCC. The normalized spacial score (nSPS) is 9.00. The molecule has 0 fully saturated rings. The van der Waals surface area contributed by atoms with Gasteiger partial charge in [0, 0.05) is 0 Å². The maximum absolute atomic E-state index is 10.5. The molecule has 3 heteroatoms. The van der Waals surface area contributed by atoms with Crippen molar-refractivity contribution in [2.75, 3.05) is 13.2 Å². The zero-order chi connectivity index (χ0) is 7.82. The van der Waals surface area contributed by atoms with E-state index in [1.54, 1.807) is 6.92 Å². The van der Waals surface area contributed by atoms with Crippen LogP contribution in [-0.2, 0) is 9.47 Å². The molecule has 3 nitrogen and oxygen atoms in total. The topological polar surface area (TPSA) is 35.5 Å². The zero-order valence-electron chi connectivity index (χ0n) is 6.42. The summed E-state index contributed by atoms with van der Waals surface area (Å²) in [6.07, 6.45) is 2.13. The molecule has 0 rings (SSSR count). The maximum atomic E-state index is 10.5. The van der Waals surface area contributed by atoms with E-state index in [0.29, 0.717) is 13.2 Å². The van der Waals surface area contributed by atoms with E-state index in [2.05, 4.69) is 9.47 Å². The molecule has 0 amide bonds. The van der Waals surface area contributed by atoms with Crippen LogP contribution in [0, 0.1) is 6.42 Å². The highest BCUT2D eigenvalue weighted by Gasteiger charge is 1.98. The van der Waals surface area contributed by atoms with Crippen LogP contribution >= 0.6 is 0 Å². The molecule has 0 bridgehead atoms. The Labute approximate surface area is 61.3 Å². The van der Waals surface area contributed by atoms with E-state index >= 15 is 0 Å². The zero-order valence-corrected chi connectivity index (χ0v) is 6.42. The number of rotatable bonds is 4. The minimum atomic E-state index is -0.579. The minimum absolute atomic E-state index is 0.370. The lowest BCUT2D eigenvalue weighted by molar-refractivity contribution is 0.0598. The van der Waals surface area contributed by atoms with Gasteiger partial charge in [0.05, 0.1) is 13.2 Å². The standard InChI is InChI=1S/C7H13O3/c1-3-5-6-10-7(8)9-4-2/h3H,4-6H2,1-2H3. The highest BCUT2D eigenvalue weighted by Crippen LogP contribution is 1.89. The summed E-state index contributed by atoms with van der Waals surface area (Å²) in [6.45, 7) is 4.44. The van der Waals surface area contributed by atoms with Gasteiger partial charge in [-0.1, -0.05) is 6.92 Å². The predicted molar refractivity (Wildman–Crippen MR) is 37.6 cm³/mol. The molecule has 0 heterocycles. The van der Waals surface area contributed by atoms with Crippen molar-refractivity contribution in [3.8, 4) is 0 Å². The molecule has 1 radical (unpaired) electrons. The Bertz CT molecular complexity index is 90.9. The van der Waals surface area contributed by atoms with E-state index in [4.69, 9.17) is 0 Å². The lowest BCUT2D eigenvalue weighted by Crippen LogP contribution is -2.07. The average molecular weight is 145 g/mol. The van der Waals surface area contributed by atoms with Crippen molar-refractivity contribution in [2.24, 2.45) is 0 Å². The largest absolute Gasteiger partial charge is 0.508 e. The van der Waals surface area contributed by atoms with Crippen LogP contribution in [0.5, 0.6) is 0 Å². The van der Waals surface area contributed by atoms with Crippen LogP contribution in [0.3, 0.4) is 0 Å². The summed E-state index contributed by atoms with van der Waals surface area (Å²) < 4.78 is 9.14. The van der Waals surface area contributed by atoms with Crippen LogP contribution in [-0.4, -0.2) is 19.4 Å². The highest BCUT2D eigenvalue weighted by molar-refractivity contribution is 5.59. The Morgan fingerprint density at radius 3 is 2.70 bits per heavy atom. The summed E-state index contributed by atoms with van der Waals surface area (Å²) in [5, 5.41) is 0. The molecule has 10 heavy (non-hydrogen) atoms. The van der Waals surface area contributed by atoms with E-state index in [1.807, 2.05) is 13.3 Å². The quantitative estimate of drug-likeness (QED) is 0.446. The van der Waals surface area contributed by atoms with E-state index in [9.17, 15) is 4.79 Å². The van der Waals surface area contributed by atoms with Gasteiger partial charge in [-0.2, -0.15) is 0 Å². The van der Waals surface area contributed by atoms with Gasteiger partial charge in [0.2, 0.25) is 0 Å². The fourth-order valence-corrected chi connectivity index (χ4v) is 0.420. The maximum Gasteiger partial charge on any atom is 0.508 e. The second-order valence-electron chi connectivity index (χ2n) is 1.73. The highest BCUT2D eigenvalue weighted by atomic mass is 16.7. The molecular formula is C7H13O3. The van der Waals surface area contributed by atoms with Crippen LogP contribution in [0.25, 0.3) is 0 Å². The summed E-state index contributed by atoms with van der Waals surface area (Å²) in [6, 6.07) is 0. The van der Waals surface area contributed by atoms with Gasteiger partial charge in [-0.05, 0) is 19.8 Å². The summed E-state index contributed by atoms with van der Waals surface area (Å²) in [5.74, 6) is 0. The van der Waals surface area contributed by atoms with Gasteiger partial charge < -0.3 is 9.47 Å². The molecule has 0 atom stereocenters. The molecule has 0 aliphatic heterocycles. The van der Waals surface area contributed by atoms with Crippen molar-refractivity contribution in [3.05, 3.63) is 6.42 Å². The lowest BCUT2D eigenvalue weighted by atomic mass is 10.4. The van der Waals surface area contributed by atoms with Crippen LogP contribution in [0.2, 0.25) is 0 Å². The molecular weight excluding hydrogens is 132 g/mol. The molecule has 0 aromatic carbocycles. The molecule has 0 saturated heterocycles. The van der Waals surface area contributed by atoms with E-state index in [0.717, 1.165) is 6.42 Å². The molecule has 0 aliphatic rings. The molecule has 0 saturated carbocycles. The Morgan fingerprint density at radius 1 is 1.50 bits per heavy atom. The van der Waals surface area contributed by atoms with Gasteiger partial charge >= 0.3 is 6.16 Å². The number of hydrogen-bond donors (Lipinski definition) is 0. The van der Waals surface area contributed by atoms with Crippen LogP contribution in [0.4, 0.5) is 4.79 Å². The second-order valence-corrected chi connectivity index (χ2v) is 1.73. The van der Waals surface area contributed by atoms with Crippen molar-refractivity contribution < 1.29 is 14.3 Å². The fraction of sp³-hybridized carbons (Fsp3) is 0.714. The summed E-state index contributed by atoms with van der Waals surface area (Å²) in [7, 11) is 0. The van der Waals surface area contributed by atoms with Gasteiger partial charge in [-0.15, -0.1) is 0 Å². The molecule has 0 spiro atoms. The molecule has 0 aromatic heterocycles. The number of ether oxygens (including phenoxy) is 2. The molecule has 0 N–H and O–H groups in total. The van der Waals surface area contributed by atoms with E-state index < -0.39 is 6.16 Å². The van der Waals surface area contributed by atoms with Gasteiger partial charge in [0.1, 0.15) is 0 Å². The first-order valence-electron chi connectivity index (χ1n) is 3.38. The molecule has 59 valence electrons. The average Bonchev–Trinajstić information content (AvgIpc) is 1.89. The molecule has 0 aromatic rings. The first kappa shape index (κ1) is 9.27. The smallest absolute Gasteiger partial charge is 0.435 e. The van der Waals surface area contributed by atoms with Crippen molar-refractivity contribution in [3.63, 3.8) is 0 Å². The number of unbranched alkanes of at least 4 members (excludes halogenated alkanes) is 1. The summed E-state index contributed by atoms with van der Waals surface area (Å²) in [5.41, 5.74) is 0. The number of hydrogen-bond acceptors (Lipinski definition) is 3. The van der Waals surface area contributed by atoms with Gasteiger partial charge in [0.15, 0.2) is 0 Å². The van der Waals surface area contributed by atoms with Gasteiger partial charge in [-0.25, -0.2) is 4.79 Å². The van der Waals surface area contributed by atoms with Crippen LogP contribution in [0.1, 0.15) is 20.3 Å². The first-order chi connectivity index (χ1) is 4.81. The minimum Gasteiger partial charge on any atom is -0.435 e. The molecule has 0 unspecified atom stereocenters. The second kappa shape index (κ2) is 6.39. The Hall–Kier alpha value is -0.730. The third-order valence-corrected chi connectivity index (χ3v) is 0.889. The summed E-state index contributed by atoms with van der Waals surface area (Å²) in [4.78, 5) is 10.5. The first-order valence-corrected chi connectivity index (χ1v) is 3.38. The fourth-order valence-electron chi connectivity index (χ4n) is 0.420. The van der Waals surface area contributed by atoms with Gasteiger partial charge in [-0.3, -0.25) is 0 Å². The van der Waals surface area contributed by atoms with Crippen molar-refractivity contribution >= 4 is 6.16 Å². The van der Waals surface area contributed by atoms with Crippen molar-refractivity contribution in [1.29, 1.82) is 0 Å². The monoisotopic (exact) mass is 145 g/mol. The number of carbonyl (C=O) groups excluding carboxylic acids is 1. The molecule has 0 aliphatic carbocycles. The number of carbonyl (C=O) groups is 1. The van der Waals surface area contributed by atoms with Crippen molar-refractivity contribution in [2.45, 2.75) is 20.3 Å². The van der Waals surface area contributed by atoms with E-state index in [-0.39, 0.29) is 0 Å². The van der Waals surface area contributed by atoms with E-state index in [1.165, 1.54) is 0 Å². The predicted octanol–water partition coefficient (Wildman–Crippen LogP) is 1.77. The van der Waals surface area contributed by atoms with Crippen LogP contribution < -0.4 is 0 Å². The Kier molecular flexibility index (Phi) is 5.92. The Morgan fingerprint density at radius 2 is 2.20 bits per heavy atom. The third-order valence-electron chi connectivity index (χ3n) is 0.889. The van der Waals surface area contributed by atoms with Gasteiger partial charge in [0.25, 0.3) is 0 Å². The van der Waals surface area contributed by atoms with Crippen molar-refractivity contribution in [1.82, 2.24) is 0 Å². The summed E-state index contributed by atoms with van der Waals surface area (Å²) >= 11 is 0. The third kappa shape index (κ3) is 5.41. The van der Waals surface area contributed by atoms with Crippen LogP contribution in [0.15, 0.2) is 0 Å². The Balaban J connectivity index is 3.05. The lowest BCUT2D eigenvalue weighted by Gasteiger charge is -2.01.